The number of H-pyrrole nitrogens is 1. The van der Waals surface area contributed by atoms with Gasteiger partial charge in [-0.15, -0.1) is 0 Å². The second kappa shape index (κ2) is 7.06. The van der Waals surface area contributed by atoms with Crippen LogP contribution in [0.1, 0.15) is 59.3 Å². The second-order valence-corrected chi connectivity index (χ2v) is 4.92. The normalized spacial score (nSPS) is 10.5. The van der Waals surface area contributed by atoms with Crippen LogP contribution in [0.5, 0.6) is 0 Å². The van der Waals surface area contributed by atoms with Crippen LogP contribution in [-0.2, 0) is 11.2 Å². The fraction of sp³-hybridized carbons (Fsp3) is 0.533. The summed E-state index contributed by atoms with van der Waals surface area (Å²) in [5.74, 6) is -1.27. The number of nitrogens with one attached hydrogen (secondary N) is 1. The Kier molecular flexibility index (Phi) is 5.69. The summed E-state index contributed by atoms with van der Waals surface area (Å²) < 4.78 is 0. The Bertz CT molecular complexity index is 560. The summed E-state index contributed by atoms with van der Waals surface area (Å²) in [5.41, 5.74) is 2.35. The Hall–Kier alpha value is -2.11. The zero-order valence-corrected chi connectivity index (χ0v) is 12.9. The lowest BCUT2D eigenvalue weighted by Gasteiger charge is -2.20. The van der Waals surface area contributed by atoms with Gasteiger partial charge in [0.1, 0.15) is 5.69 Å². The first-order chi connectivity index (χ1) is 9.83. The molecule has 21 heavy (non-hydrogen) atoms. The van der Waals surface area contributed by atoms with Crippen molar-refractivity contribution in [2.24, 2.45) is 0 Å². The minimum Gasteiger partial charge on any atom is -0.481 e. The first-order valence-electron chi connectivity index (χ1n) is 7.06. The van der Waals surface area contributed by atoms with E-state index in [0.717, 1.165) is 0 Å². The number of ketones is 1. The Balaban J connectivity index is 3.14. The monoisotopic (exact) mass is 294 g/mol. The van der Waals surface area contributed by atoms with Crippen molar-refractivity contribution in [3.05, 3.63) is 22.5 Å². The largest absolute Gasteiger partial charge is 0.481 e. The second-order valence-electron chi connectivity index (χ2n) is 4.92. The minimum atomic E-state index is -0.941. The number of aliphatic carboxylic acids is 1. The molecule has 0 aliphatic heterocycles. The number of carboxylic acids is 1. The van der Waals surface area contributed by atoms with Gasteiger partial charge in [-0.2, -0.15) is 0 Å². The van der Waals surface area contributed by atoms with Crippen LogP contribution < -0.4 is 0 Å². The van der Waals surface area contributed by atoms with Crippen LogP contribution >= 0.6 is 0 Å². The third kappa shape index (κ3) is 3.71. The van der Waals surface area contributed by atoms with Crippen LogP contribution in [0.25, 0.3) is 0 Å². The number of aromatic nitrogens is 1. The lowest BCUT2D eigenvalue weighted by atomic mass is 10.0. The molecule has 0 saturated heterocycles. The lowest BCUT2D eigenvalue weighted by molar-refractivity contribution is -0.137. The molecule has 0 aromatic carbocycles. The molecule has 0 unspecified atom stereocenters. The SMILES string of the molecule is CCc1c(C(=O)N(CC)CCC(=O)O)[nH]c(C)c1C(C)=O. The molecule has 0 fully saturated rings. The molecule has 0 saturated carbocycles. The van der Waals surface area contributed by atoms with Crippen molar-refractivity contribution in [3.63, 3.8) is 0 Å². The maximum absolute atomic E-state index is 12.5. The highest BCUT2D eigenvalue weighted by molar-refractivity contribution is 6.02. The predicted molar refractivity (Wildman–Crippen MR) is 78.7 cm³/mol. The maximum atomic E-state index is 12.5. The zero-order chi connectivity index (χ0) is 16.2. The fourth-order valence-corrected chi connectivity index (χ4v) is 2.48. The van der Waals surface area contributed by atoms with Gasteiger partial charge in [0.15, 0.2) is 5.78 Å². The van der Waals surface area contributed by atoms with E-state index in [-0.39, 0.29) is 24.7 Å². The van der Waals surface area contributed by atoms with Crippen molar-refractivity contribution >= 4 is 17.7 Å². The van der Waals surface area contributed by atoms with E-state index in [9.17, 15) is 14.4 Å². The molecule has 1 aromatic heterocycles. The molecule has 6 heteroatoms. The number of nitrogens with zero attached hydrogens (tertiary/aromatic N) is 1. The van der Waals surface area contributed by atoms with E-state index >= 15 is 0 Å². The van der Waals surface area contributed by atoms with Crippen molar-refractivity contribution < 1.29 is 19.5 Å². The summed E-state index contributed by atoms with van der Waals surface area (Å²) in [7, 11) is 0. The van der Waals surface area contributed by atoms with E-state index in [1.165, 1.54) is 11.8 Å². The highest BCUT2D eigenvalue weighted by Crippen LogP contribution is 2.21. The molecule has 0 atom stereocenters. The zero-order valence-electron chi connectivity index (χ0n) is 12.9. The van der Waals surface area contributed by atoms with E-state index < -0.39 is 5.97 Å². The van der Waals surface area contributed by atoms with Gasteiger partial charge in [-0.25, -0.2) is 0 Å². The van der Waals surface area contributed by atoms with Gasteiger partial charge >= 0.3 is 5.97 Å². The van der Waals surface area contributed by atoms with E-state index in [2.05, 4.69) is 4.98 Å². The molecule has 0 spiro atoms. The summed E-state index contributed by atoms with van der Waals surface area (Å²) in [6, 6.07) is 0. The molecular weight excluding hydrogens is 272 g/mol. The number of carboxylic acid groups (broad SMARTS) is 1. The van der Waals surface area contributed by atoms with Crippen molar-refractivity contribution in [3.8, 4) is 0 Å². The van der Waals surface area contributed by atoms with Crippen LogP contribution in [0.4, 0.5) is 0 Å². The quantitative estimate of drug-likeness (QED) is 0.753. The Labute approximate surface area is 124 Å². The molecule has 0 bridgehead atoms. The number of carbonyl (C=O) groups excluding carboxylic acids is 2. The molecule has 1 amide bonds. The minimum absolute atomic E-state index is 0.0757. The first-order valence-corrected chi connectivity index (χ1v) is 7.06. The van der Waals surface area contributed by atoms with Gasteiger partial charge in [0, 0.05) is 24.3 Å². The van der Waals surface area contributed by atoms with E-state index in [0.29, 0.717) is 35.5 Å². The molecule has 1 aromatic rings. The smallest absolute Gasteiger partial charge is 0.305 e. The van der Waals surface area contributed by atoms with Crippen molar-refractivity contribution in [1.29, 1.82) is 0 Å². The molecule has 0 aliphatic carbocycles. The summed E-state index contributed by atoms with van der Waals surface area (Å²) in [5, 5.41) is 8.74. The van der Waals surface area contributed by atoms with Gasteiger partial charge in [-0.05, 0) is 32.8 Å². The van der Waals surface area contributed by atoms with Crippen molar-refractivity contribution in [1.82, 2.24) is 9.88 Å². The topological polar surface area (TPSA) is 90.5 Å². The van der Waals surface area contributed by atoms with Crippen LogP contribution in [-0.4, -0.2) is 45.7 Å². The van der Waals surface area contributed by atoms with Crippen LogP contribution in [0.15, 0.2) is 0 Å². The number of carbonyl (C=O) groups is 3. The van der Waals surface area contributed by atoms with Gasteiger partial charge in [-0.1, -0.05) is 6.92 Å². The number of amides is 1. The number of Topliss-reactive ketones (excluding diaryl/α,β-unsaturated/α-hetero) is 1. The number of hydrogen-bond donors (Lipinski definition) is 2. The van der Waals surface area contributed by atoms with Gasteiger partial charge < -0.3 is 15.0 Å². The standard InChI is InChI=1S/C15H22N2O4/c1-5-11-13(10(4)18)9(3)16-14(11)15(21)17(6-2)8-7-12(19)20/h16H,5-8H2,1-4H3,(H,19,20). The number of rotatable bonds is 7. The summed E-state index contributed by atoms with van der Waals surface area (Å²) in [4.78, 5) is 39.4. The Morgan fingerprint density at radius 1 is 1.24 bits per heavy atom. The van der Waals surface area contributed by atoms with E-state index in [1.54, 1.807) is 13.8 Å². The average molecular weight is 294 g/mol. The first kappa shape index (κ1) is 16.9. The number of aryl methyl sites for hydroxylation is 1. The van der Waals surface area contributed by atoms with Crippen molar-refractivity contribution in [2.75, 3.05) is 13.1 Å². The molecule has 116 valence electrons. The average Bonchev–Trinajstić information content (AvgIpc) is 2.75. The molecule has 0 radical (unpaired) electrons. The summed E-state index contributed by atoms with van der Waals surface area (Å²) in [6.07, 6.45) is 0.469. The van der Waals surface area contributed by atoms with Crippen LogP contribution in [0, 0.1) is 6.92 Å². The summed E-state index contributed by atoms with van der Waals surface area (Å²) in [6.45, 7) is 7.50. The van der Waals surface area contributed by atoms with Gasteiger partial charge in [0.25, 0.3) is 5.91 Å². The molecular formula is C15H22N2O4. The lowest BCUT2D eigenvalue weighted by Crippen LogP contribution is -2.33. The molecule has 6 nitrogen and oxygen atoms in total. The van der Waals surface area contributed by atoms with Gasteiger partial charge in [0.05, 0.1) is 6.42 Å². The third-order valence-electron chi connectivity index (χ3n) is 3.48. The highest BCUT2D eigenvalue weighted by atomic mass is 16.4. The van der Waals surface area contributed by atoms with Gasteiger partial charge in [0.2, 0.25) is 0 Å². The molecule has 1 heterocycles. The number of aromatic amines is 1. The molecule has 1 rings (SSSR count). The predicted octanol–water partition coefficient (Wildman–Crippen LogP) is 2.02. The van der Waals surface area contributed by atoms with E-state index in [4.69, 9.17) is 5.11 Å². The van der Waals surface area contributed by atoms with E-state index in [1.807, 2.05) is 6.92 Å². The third-order valence-corrected chi connectivity index (χ3v) is 3.48. The summed E-state index contributed by atoms with van der Waals surface area (Å²) >= 11 is 0. The maximum Gasteiger partial charge on any atom is 0.305 e. The highest BCUT2D eigenvalue weighted by Gasteiger charge is 2.24. The van der Waals surface area contributed by atoms with Gasteiger partial charge in [-0.3, -0.25) is 14.4 Å². The van der Waals surface area contributed by atoms with Crippen LogP contribution in [0.2, 0.25) is 0 Å². The fourth-order valence-electron chi connectivity index (χ4n) is 2.48. The van der Waals surface area contributed by atoms with Crippen molar-refractivity contribution in [2.45, 2.75) is 40.5 Å². The Morgan fingerprint density at radius 2 is 1.86 bits per heavy atom. The molecule has 0 aliphatic rings. The van der Waals surface area contributed by atoms with Crippen LogP contribution in [0.3, 0.4) is 0 Å². The Morgan fingerprint density at radius 3 is 2.29 bits per heavy atom. The number of hydrogen-bond acceptors (Lipinski definition) is 3. The molecule has 2 N–H and O–H groups in total.